The fraction of sp³-hybridized carbons (Fsp3) is 0.211. The predicted molar refractivity (Wildman–Crippen MR) is 105 cm³/mol. The van der Waals surface area contributed by atoms with Crippen molar-refractivity contribution in [1.29, 1.82) is 0 Å². The Morgan fingerprint density at radius 1 is 1.11 bits per heavy atom. The number of carbonyl (C=O) groups excluding carboxylic acids is 2. The smallest absolute Gasteiger partial charge is 0.286 e. The Kier molecular flexibility index (Phi) is 5.46. The predicted octanol–water partition coefficient (Wildman–Crippen LogP) is 2.72. The Morgan fingerprint density at radius 2 is 1.78 bits per heavy atom. The van der Waals surface area contributed by atoms with Gasteiger partial charge in [0, 0.05) is 23.4 Å². The van der Waals surface area contributed by atoms with Gasteiger partial charge in [-0.15, -0.1) is 0 Å². The Balaban J connectivity index is 1.71. The molecule has 0 aliphatic rings. The van der Waals surface area contributed by atoms with Gasteiger partial charge >= 0.3 is 0 Å². The molecule has 0 fully saturated rings. The van der Waals surface area contributed by atoms with Crippen LogP contribution in [0.4, 0.5) is 0 Å². The van der Waals surface area contributed by atoms with Crippen LogP contribution in [0.25, 0.3) is 0 Å². The highest BCUT2D eigenvalue weighted by Gasteiger charge is 2.20. The van der Waals surface area contributed by atoms with Gasteiger partial charge in [-0.1, -0.05) is 30.3 Å². The van der Waals surface area contributed by atoms with Crippen molar-refractivity contribution in [3.05, 3.63) is 75.3 Å². The van der Waals surface area contributed by atoms with Gasteiger partial charge in [0.2, 0.25) is 0 Å². The van der Waals surface area contributed by atoms with Gasteiger partial charge in [-0.25, -0.2) is 0 Å². The van der Waals surface area contributed by atoms with Gasteiger partial charge in [-0.05, 0) is 41.4 Å². The molecule has 2 aromatic heterocycles. The molecule has 3 aromatic rings. The molecule has 0 saturated carbocycles. The number of nitrogens with zero attached hydrogens (tertiary/aromatic N) is 3. The summed E-state index contributed by atoms with van der Waals surface area (Å²) < 4.78 is 4.24. The number of carbonyl (C=O) groups is 2. The number of nitrogens with one attached hydrogen (secondary N) is 2. The van der Waals surface area contributed by atoms with Gasteiger partial charge in [0.25, 0.3) is 11.8 Å². The van der Waals surface area contributed by atoms with Crippen LogP contribution in [-0.4, -0.2) is 26.2 Å². The van der Waals surface area contributed by atoms with Crippen molar-refractivity contribution in [2.45, 2.75) is 20.4 Å². The number of halogens is 1. The summed E-state index contributed by atoms with van der Waals surface area (Å²) in [6.45, 7) is 4.19. The maximum atomic E-state index is 12.6. The van der Waals surface area contributed by atoms with Gasteiger partial charge in [0.1, 0.15) is 5.69 Å². The number of amides is 2. The third-order valence-corrected chi connectivity index (χ3v) is 4.71. The van der Waals surface area contributed by atoms with E-state index in [1.165, 1.54) is 0 Å². The largest absolute Gasteiger partial charge is 0.345 e. The van der Waals surface area contributed by atoms with E-state index in [0.29, 0.717) is 23.5 Å². The molecule has 2 N–H and O–H groups in total. The van der Waals surface area contributed by atoms with Crippen molar-refractivity contribution in [1.82, 2.24) is 25.2 Å². The van der Waals surface area contributed by atoms with Gasteiger partial charge in [-0.3, -0.25) is 25.1 Å². The molecule has 27 heavy (non-hydrogen) atoms. The summed E-state index contributed by atoms with van der Waals surface area (Å²) in [5.41, 5.74) is 8.25. The molecule has 140 valence electrons. The minimum atomic E-state index is -0.400. The maximum absolute atomic E-state index is 12.6. The third-order valence-electron chi connectivity index (χ3n) is 4.28. The quantitative estimate of drug-likeness (QED) is 0.625. The van der Waals surface area contributed by atoms with Crippen LogP contribution in [-0.2, 0) is 13.6 Å². The van der Waals surface area contributed by atoms with Crippen LogP contribution in [0.15, 0.2) is 47.1 Å². The van der Waals surface area contributed by atoms with Crippen molar-refractivity contribution in [2.75, 3.05) is 0 Å². The second kappa shape index (κ2) is 7.79. The van der Waals surface area contributed by atoms with Crippen LogP contribution in [0.2, 0.25) is 0 Å². The fourth-order valence-electron chi connectivity index (χ4n) is 2.93. The minimum absolute atomic E-state index is 0.397. The van der Waals surface area contributed by atoms with Crippen LogP contribution in [0, 0.1) is 13.8 Å². The third kappa shape index (κ3) is 4.11. The Labute approximate surface area is 165 Å². The van der Waals surface area contributed by atoms with E-state index < -0.39 is 11.8 Å². The maximum Gasteiger partial charge on any atom is 0.286 e. The molecule has 3 rings (SSSR count). The van der Waals surface area contributed by atoms with E-state index in [9.17, 15) is 9.59 Å². The zero-order valence-corrected chi connectivity index (χ0v) is 16.9. The molecular formula is C19H20BrN5O2. The summed E-state index contributed by atoms with van der Waals surface area (Å²) in [6, 6.07) is 11.6. The number of rotatable bonds is 4. The molecule has 0 aliphatic carbocycles. The molecule has 1 aromatic carbocycles. The lowest BCUT2D eigenvalue weighted by Gasteiger charge is -2.09. The van der Waals surface area contributed by atoms with Gasteiger partial charge in [0.05, 0.1) is 17.8 Å². The first-order valence-electron chi connectivity index (χ1n) is 8.37. The van der Waals surface area contributed by atoms with Crippen molar-refractivity contribution in [3.63, 3.8) is 0 Å². The van der Waals surface area contributed by atoms with Crippen molar-refractivity contribution in [2.24, 2.45) is 7.05 Å². The van der Waals surface area contributed by atoms with E-state index in [1.807, 2.05) is 37.3 Å². The van der Waals surface area contributed by atoms with E-state index >= 15 is 0 Å². The van der Waals surface area contributed by atoms with E-state index in [1.54, 1.807) is 35.5 Å². The first kappa shape index (κ1) is 18.9. The minimum Gasteiger partial charge on any atom is -0.345 e. The lowest BCUT2D eigenvalue weighted by atomic mass is 10.2. The lowest BCUT2D eigenvalue weighted by Crippen LogP contribution is -2.42. The molecule has 0 aliphatic heterocycles. The highest BCUT2D eigenvalue weighted by Crippen LogP contribution is 2.15. The van der Waals surface area contributed by atoms with E-state index in [0.717, 1.165) is 15.7 Å². The van der Waals surface area contributed by atoms with E-state index in [-0.39, 0.29) is 0 Å². The average Bonchev–Trinajstić information content (AvgIpc) is 3.11. The van der Waals surface area contributed by atoms with Crippen LogP contribution >= 0.6 is 15.9 Å². The van der Waals surface area contributed by atoms with Gasteiger partial charge in [0.15, 0.2) is 0 Å². The molecule has 0 bridgehead atoms. The Bertz CT molecular complexity index is 991. The zero-order valence-electron chi connectivity index (χ0n) is 15.3. The molecule has 0 spiro atoms. The summed E-state index contributed by atoms with van der Waals surface area (Å²) in [5.74, 6) is -0.797. The highest BCUT2D eigenvalue weighted by atomic mass is 79.9. The van der Waals surface area contributed by atoms with Crippen LogP contribution in [0.3, 0.4) is 0 Å². The number of hydrogen-bond acceptors (Lipinski definition) is 3. The first-order chi connectivity index (χ1) is 12.9. The topological polar surface area (TPSA) is 81.0 Å². The zero-order chi connectivity index (χ0) is 19.6. The van der Waals surface area contributed by atoms with Crippen molar-refractivity contribution in [3.8, 4) is 0 Å². The summed E-state index contributed by atoms with van der Waals surface area (Å²) in [6.07, 6.45) is 1.76. The molecule has 0 atom stereocenters. The van der Waals surface area contributed by atoms with Crippen LogP contribution < -0.4 is 10.9 Å². The summed E-state index contributed by atoms with van der Waals surface area (Å²) in [7, 11) is 1.75. The lowest BCUT2D eigenvalue weighted by molar-refractivity contribution is 0.0841. The normalized spacial score (nSPS) is 10.7. The molecule has 7 nitrogen and oxygen atoms in total. The first-order valence-corrected chi connectivity index (χ1v) is 9.16. The summed E-state index contributed by atoms with van der Waals surface area (Å²) in [5, 5.41) is 4.46. The van der Waals surface area contributed by atoms with Gasteiger partial charge in [-0.2, -0.15) is 5.10 Å². The monoisotopic (exact) mass is 429 g/mol. The second-order valence-corrected chi connectivity index (χ2v) is 7.17. The molecule has 8 heteroatoms. The number of benzene rings is 1. The second-order valence-electron chi connectivity index (χ2n) is 6.25. The van der Waals surface area contributed by atoms with Crippen LogP contribution in [0.1, 0.15) is 37.8 Å². The molecule has 2 amide bonds. The molecule has 0 unspecified atom stereocenters. The average molecular weight is 430 g/mol. The number of aromatic nitrogens is 3. The van der Waals surface area contributed by atoms with E-state index in [4.69, 9.17) is 0 Å². The number of aryl methyl sites for hydroxylation is 2. The number of hydrazine groups is 1. The summed E-state index contributed by atoms with van der Waals surface area (Å²) >= 11 is 3.32. The fourth-order valence-corrected chi connectivity index (χ4v) is 3.45. The summed E-state index contributed by atoms with van der Waals surface area (Å²) in [4.78, 5) is 24.8. The molecule has 0 saturated heterocycles. The van der Waals surface area contributed by atoms with Crippen LogP contribution in [0.5, 0.6) is 0 Å². The molecular weight excluding hydrogens is 410 g/mol. The van der Waals surface area contributed by atoms with Gasteiger partial charge < -0.3 is 4.57 Å². The number of hydrogen-bond donors (Lipinski definition) is 2. The standard InChI is InChI=1S/C19H20BrN5O2/c1-12-17(13(2)25(23-12)10-14-7-5-4-6-8-14)19(27)22-21-18(26)16-9-15(20)11-24(16)3/h4-9,11H,10H2,1-3H3,(H,21,26)(H,22,27). The molecule has 2 heterocycles. The Morgan fingerprint density at radius 3 is 2.41 bits per heavy atom. The SMILES string of the molecule is Cc1nn(Cc2ccccc2)c(C)c1C(=O)NNC(=O)c1cc(Br)cn1C. The van der Waals surface area contributed by atoms with E-state index in [2.05, 4.69) is 31.9 Å². The molecule has 0 radical (unpaired) electrons. The highest BCUT2D eigenvalue weighted by molar-refractivity contribution is 9.10. The Hall–Kier alpha value is -2.87. The van der Waals surface area contributed by atoms with Crippen molar-refractivity contribution < 1.29 is 9.59 Å². The van der Waals surface area contributed by atoms with Crippen molar-refractivity contribution >= 4 is 27.7 Å².